The van der Waals surface area contributed by atoms with Gasteiger partial charge in [-0.3, -0.25) is 9.59 Å². The molecule has 0 saturated heterocycles. The second-order valence-corrected chi connectivity index (χ2v) is 6.34. The predicted molar refractivity (Wildman–Crippen MR) is 96.9 cm³/mol. The molecule has 26 heavy (non-hydrogen) atoms. The molecule has 5 nitrogen and oxygen atoms in total. The third-order valence-corrected chi connectivity index (χ3v) is 4.98. The van der Waals surface area contributed by atoms with Crippen molar-refractivity contribution in [2.24, 2.45) is 5.92 Å². The van der Waals surface area contributed by atoms with E-state index in [0.29, 0.717) is 23.5 Å². The van der Waals surface area contributed by atoms with Crippen LogP contribution in [0, 0.1) is 5.92 Å². The fourth-order valence-electron chi connectivity index (χ4n) is 3.65. The van der Waals surface area contributed by atoms with E-state index in [-0.39, 0.29) is 30.0 Å². The summed E-state index contributed by atoms with van der Waals surface area (Å²) in [5, 5.41) is 0. The minimum atomic E-state index is -0.389. The third-order valence-electron chi connectivity index (χ3n) is 4.98. The molecule has 3 rings (SSSR count). The number of fused-ring (bicyclic) bond motifs is 1. The van der Waals surface area contributed by atoms with Crippen molar-refractivity contribution in [1.29, 1.82) is 0 Å². The number of carbonyl (C=O) groups is 2. The van der Waals surface area contributed by atoms with Gasteiger partial charge in [0.1, 0.15) is 0 Å². The third kappa shape index (κ3) is 3.29. The van der Waals surface area contributed by atoms with E-state index in [9.17, 15) is 9.59 Å². The first kappa shape index (κ1) is 18.0. The number of hydrogen-bond donors (Lipinski definition) is 0. The van der Waals surface area contributed by atoms with E-state index < -0.39 is 0 Å². The molecule has 0 saturated carbocycles. The lowest BCUT2D eigenvalue weighted by Crippen LogP contribution is -2.22. The van der Waals surface area contributed by atoms with Crippen molar-refractivity contribution in [2.45, 2.75) is 18.8 Å². The second-order valence-electron chi connectivity index (χ2n) is 6.34. The van der Waals surface area contributed by atoms with Gasteiger partial charge in [0, 0.05) is 17.9 Å². The highest BCUT2D eigenvalue weighted by Crippen LogP contribution is 2.45. The van der Waals surface area contributed by atoms with Gasteiger partial charge in [0.15, 0.2) is 17.3 Å². The highest BCUT2D eigenvalue weighted by Gasteiger charge is 2.40. The molecule has 2 atom stereocenters. The number of esters is 1. The maximum Gasteiger partial charge on any atom is 0.309 e. The molecule has 0 fully saturated rings. The fraction of sp³-hybridized carbons (Fsp3) is 0.333. The summed E-state index contributed by atoms with van der Waals surface area (Å²) in [6.45, 7) is 0. The topological polar surface area (TPSA) is 61.8 Å². The zero-order valence-corrected chi connectivity index (χ0v) is 15.2. The molecule has 0 radical (unpaired) electrons. The maximum absolute atomic E-state index is 12.7. The van der Waals surface area contributed by atoms with Gasteiger partial charge in [0.25, 0.3) is 0 Å². The van der Waals surface area contributed by atoms with Gasteiger partial charge in [-0.1, -0.05) is 30.3 Å². The van der Waals surface area contributed by atoms with Crippen LogP contribution in [0.25, 0.3) is 0 Å². The van der Waals surface area contributed by atoms with Crippen molar-refractivity contribution in [3.8, 4) is 11.5 Å². The molecule has 136 valence electrons. The van der Waals surface area contributed by atoms with E-state index in [1.807, 2.05) is 30.3 Å². The van der Waals surface area contributed by atoms with Crippen molar-refractivity contribution >= 4 is 11.8 Å². The van der Waals surface area contributed by atoms with Crippen LogP contribution < -0.4 is 9.47 Å². The molecule has 0 amide bonds. The standard InChI is InChI=1S/C21H22O5/c1-24-19-10-14-9-17(21(23)26-3)16(15(14)12-20(19)25-2)11-18(22)13-7-5-4-6-8-13/h4-8,10,12,16-17H,9,11H2,1-3H3/t16-,17+/m1/s1. The van der Waals surface area contributed by atoms with Gasteiger partial charge < -0.3 is 14.2 Å². The summed E-state index contributed by atoms with van der Waals surface area (Å²) >= 11 is 0. The Balaban J connectivity index is 1.98. The number of Topliss-reactive ketones (excluding diaryl/α,β-unsaturated/α-hetero) is 1. The Kier molecular flexibility index (Phi) is 5.26. The molecule has 0 aliphatic heterocycles. The molecule has 0 heterocycles. The maximum atomic E-state index is 12.7. The van der Waals surface area contributed by atoms with Crippen LogP contribution in [0.3, 0.4) is 0 Å². The molecule has 0 aromatic heterocycles. The zero-order valence-electron chi connectivity index (χ0n) is 15.2. The van der Waals surface area contributed by atoms with Crippen LogP contribution in [0.15, 0.2) is 42.5 Å². The second kappa shape index (κ2) is 7.60. The Hall–Kier alpha value is -2.82. The Bertz CT molecular complexity index is 813. The van der Waals surface area contributed by atoms with Crippen LogP contribution in [0.5, 0.6) is 11.5 Å². The fourth-order valence-corrected chi connectivity index (χ4v) is 3.65. The number of methoxy groups -OCH3 is 3. The Morgan fingerprint density at radius 2 is 1.65 bits per heavy atom. The first-order valence-corrected chi connectivity index (χ1v) is 8.50. The lowest BCUT2D eigenvalue weighted by molar-refractivity contribution is -0.145. The quantitative estimate of drug-likeness (QED) is 0.588. The number of ether oxygens (including phenoxy) is 3. The molecule has 1 aliphatic rings. The van der Waals surface area contributed by atoms with Crippen LogP contribution >= 0.6 is 0 Å². The smallest absolute Gasteiger partial charge is 0.309 e. The van der Waals surface area contributed by atoms with Gasteiger partial charge in [-0.05, 0) is 29.7 Å². The zero-order chi connectivity index (χ0) is 18.7. The summed E-state index contributed by atoms with van der Waals surface area (Å²) in [4.78, 5) is 25.1. The van der Waals surface area contributed by atoms with Crippen LogP contribution in [0.1, 0.15) is 33.8 Å². The van der Waals surface area contributed by atoms with Crippen LogP contribution in [0.2, 0.25) is 0 Å². The SMILES string of the molecule is COC(=O)[C@H]1Cc2cc(OC)c(OC)cc2[C@H]1CC(=O)c1ccccc1. The van der Waals surface area contributed by atoms with Crippen molar-refractivity contribution in [3.05, 3.63) is 59.2 Å². The summed E-state index contributed by atoms with van der Waals surface area (Å²) in [5.41, 5.74) is 2.58. The molecule has 0 N–H and O–H groups in total. The molecule has 0 bridgehead atoms. The van der Waals surface area contributed by atoms with E-state index in [0.717, 1.165) is 11.1 Å². The van der Waals surface area contributed by atoms with Gasteiger partial charge in [0.2, 0.25) is 0 Å². The summed E-state index contributed by atoms with van der Waals surface area (Å²) in [6, 6.07) is 12.9. The van der Waals surface area contributed by atoms with E-state index in [1.54, 1.807) is 26.4 Å². The van der Waals surface area contributed by atoms with Crippen molar-refractivity contribution < 1.29 is 23.8 Å². The van der Waals surface area contributed by atoms with E-state index in [4.69, 9.17) is 14.2 Å². The molecule has 2 aromatic rings. The lowest BCUT2D eigenvalue weighted by atomic mass is 9.86. The van der Waals surface area contributed by atoms with E-state index in [1.165, 1.54) is 7.11 Å². The minimum absolute atomic E-state index is 0.00661. The highest BCUT2D eigenvalue weighted by atomic mass is 16.5. The van der Waals surface area contributed by atoms with Crippen molar-refractivity contribution in [3.63, 3.8) is 0 Å². The molecule has 2 aromatic carbocycles. The number of carbonyl (C=O) groups excluding carboxylic acids is 2. The summed E-state index contributed by atoms with van der Waals surface area (Å²) < 4.78 is 15.7. The normalized spacial score (nSPS) is 18.1. The van der Waals surface area contributed by atoms with E-state index >= 15 is 0 Å². The first-order valence-electron chi connectivity index (χ1n) is 8.50. The first-order chi connectivity index (χ1) is 12.6. The number of ketones is 1. The number of benzene rings is 2. The predicted octanol–water partition coefficient (Wildman–Crippen LogP) is 3.41. The van der Waals surface area contributed by atoms with Gasteiger partial charge in [-0.15, -0.1) is 0 Å². The largest absolute Gasteiger partial charge is 0.493 e. The number of hydrogen-bond acceptors (Lipinski definition) is 5. The minimum Gasteiger partial charge on any atom is -0.493 e. The van der Waals surface area contributed by atoms with Crippen LogP contribution in [-0.4, -0.2) is 33.1 Å². The lowest BCUT2D eigenvalue weighted by Gasteiger charge is -2.18. The monoisotopic (exact) mass is 354 g/mol. The van der Waals surface area contributed by atoms with Crippen molar-refractivity contribution in [1.82, 2.24) is 0 Å². The Labute approximate surface area is 152 Å². The molecule has 0 unspecified atom stereocenters. The summed E-state index contributed by atoms with van der Waals surface area (Å²) in [7, 11) is 4.52. The molecule has 1 aliphatic carbocycles. The average molecular weight is 354 g/mol. The molecular formula is C21H22O5. The summed E-state index contributed by atoms with van der Waals surface area (Å²) in [6.07, 6.45) is 0.765. The highest BCUT2D eigenvalue weighted by molar-refractivity contribution is 5.97. The van der Waals surface area contributed by atoms with Gasteiger partial charge in [-0.25, -0.2) is 0 Å². The average Bonchev–Trinajstić information content (AvgIpc) is 3.04. The molecule has 0 spiro atoms. The Morgan fingerprint density at radius 1 is 1.00 bits per heavy atom. The Morgan fingerprint density at radius 3 is 2.27 bits per heavy atom. The van der Waals surface area contributed by atoms with E-state index in [2.05, 4.69) is 0 Å². The van der Waals surface area contributed by atoms with Crippen molar-refractivity contribution in [2.75, 3.05) is 21.3 Å². The van der Waals surface area contributed by atoms with Gasteiger partial charge in [-0.2, -0.15) is 0 Å². The van der Waals surface area contributed by atoms with Crippen LogP contribution in [0.4, 0.5) is 0 Å². The van der Waals surface area contributed by atoms with Gasteiger partial charge in [0.05, 0.1) is 27.2 Å². The van der Waals surface area contributed by atoms with Gasteiger partial charge >= 0.3 is 5.97 Å². The number of rotatable bonds is 6. The summed E-state index contributed by atoms with van der Waals surface area (Å²) in [5.74, 6) is 0.278. The molecule has 5 heteroatoms. The molecular weight excluding hydrogens is 332 g/mol. The van der Waals surface area contributed by atoms with Crippen LogP contribution in [-0.2, 0) is 16.0 Å².